The maximum absolute atomic E-state index is 12.6. The Kier molecular flexibility index (Phi) is 3.68. The Morgan fingerprint density at radius 2 is 2.04 bits per heavy atom. The SMILES string of the molecule is COc1ccc2nnc(CNc3nccc(C(F)(F)F)n3)n2n1. The van der Waals surface area contributed by atoms with Gasteiger partial charge in [0.05, 0.1) is 13.7 Å². The van der Waals surface area contributed by atoms with E-state index in [-0.39, 0.29) is 12.5 Å². The summed E-state index contributed by atoms with van der Waals surface area (Å²) in [6.45, 7) is 0.0443. The fourth-order valence-corrected chi connectivity index (χ4v) is 1.80. The topological polar surface area (TPSA) is 90.1 Å². The molecule has 3 aromatic rings. The molecule has 0 aliphatic carbocycles. The third kappa shape index (κ3) is 3.12. The normalized spacial score (nSPS) is 11.7. The summed E-state index contributed by atoms with van der Waals surface area (Å²) in [5.74, 6) is 0.563. The van der Waals surface area contributed by atoms with Crippen LogP contribution in [-0.2, 0) is 12.7 Å². The highest BCUT2D eigenvalue weighted by Gasteiger charge is 2.32. The lowest BCUT2D eigenvalue weighted by atomic mass is 10.4. The maximum Gasteiger partial charge on any atom is 0.433 e. The molecule has 0 aliphatic rings. The van der Waals surface area contributed by atoms with E-state index in [2.05, 4.69) is 30.6 Å². The van der Waals surface area contributed by atoms with E-state index in [1.807, 2.05) is 0 Å². The molecule has 0 saturated heterocycles. The number of anilines is 1. The molecule has 120 valence electrons. The number of alkyl halides is 3. The highest BCUT2D eigenvalue weighted by Crippen LogP contribution is 2.27. The minimum atomic E-state index is -4.53. The van der Waals surface area contributed by atoms with Gasteiger partial charge < -0.3 is 10.1 Å². The van der Waals surface area contributed by atoms with Crippen LogP contribution in [0.3, 0.4) is 0 Å². The summed E-state index contributed by atoms with van der Waals surface area (Å²) in [6.07, 6.45) is -3.50. The van der Waals surface area contributed by atoms with Crippen LogP contribution in [0.4, 0.5) is 19.1 Å². The van der Waals surface area contributed by atoms with Gasteiger partial charge in [0.25, 0.3) is 0 Å². The second kappa shape index (κ2) is 5.66. The molecule has 0 unspecified atom stereocenters. The van der Waals surface area contributed by atoms with E-state index in [0.29, 0.717) is 17.4 Å². The number of halogens is 3. The molecule has 3 rings (SSSR count). The summed E-state index contributed by atoms with van der Waals surface area (Å²) in [4.78, 5) is 7.15. The number of hydrogen-bond acceptors (Lipinski definition) is 7. The van der Waals surface area contributed by atoms with Crippen LogP contribution in [0.15, 0.2) is 24.4 Å². The van der Waals surface area contributed by atoms with Gasteiger partial charge in [-0.15, -0.1) is 15.3 Å². The number of methoxy groups -OCH3 is 1. The fraction of sp³-hybridized carbons (Fsp3) is 0.250. The van der Waals surface area contributed by atoms with Crippen molar-refractivity contribution < 1.29 is 17.9 Å². The highest BCUT2D eigenvalue weighted by molar-refractivity contribution is 5.38. The van der Waals surface area contributed by atoms with Crippen molar-refractivity contribution in [1.29, 1.82) is 0 Å². The van der Waals surface area contributed by atoms with E-state index in [4.69, 9.17) is 4.74 Å². The molecule has 0 aliphatic heterocycles. The first-order valence-electron chi connectivity index (χ1n) is 6.37. The molecule has 3 aromatic heterocycles. The molecule has 0 atom stereocenters. The van der Waals surface area contributed by atoms with Crippen LogP contribution in [-0.4, -0.2) is 36.9 Å². The molecule has 0 amide bonds. The van der Waals surface area contributed by atoms with Crippen molar-refractivity contribution in [3.63, 3.8) is 0 Å². The van der Waals surface area contributed by atoms with Crippen LogP contribution < -0.4 is 10.1 Å². The Morgan fingerprint density at radius 1 is 1.22 bits per heavy atom. The number of ether oxygens (including phenoxy) is 1. The molecule has 0 spiro atoms. The zero-order chi connectivity index (χ0) is 16.4. The van der Waals surface area contributed by atoms with E-state index in [1.54, 1.807) is 12.1 Å². The number of fused-ring (bicyclic) bond motifs is 1. The highest BCUT2D eigenvalue weighted by atomic mass is 19.4. The van der Waals surface area contributed by atoms with Gasteiger partial charge in [-0.1, -0.05) is 0 Å². The predicted octanol–water partition coefficient (Wildman–Crippen LogP) is 1.55. The number of nitrogens with one attached hydrogen (secondary N) is 1. The molecule has 0 fully saturated rings. The first-order valence-corrected chi connectivity index (χ1v) is 6.37. The van der Waals surface area contributed by atoms with Crippen LogP contribution in [0.25, 0.3) is 5.65 Å². The summed E-state index contributed by atoms with van der Waals surface area (Å²) in [7, 11) is 1.47. The van der Waals surface area contributed by atoms with Gasteiger partial charge in [0.2, 0.25) is 11.8 Å². The molecule has 3 heterocycles. The first kappa shape index (κ1) is 14.9. The summed E-state index contributed by atoms with van der Waals surface area (Å²) < 4.78 is 44.2. The van der Waals surface area contributed by atoms with E-state index >= 15 is 0 Å². The van der Waals surface area contributed by atoms with Crippen LogP contribution in [0.2, 0.25) is 0 Å². The predicted molar refractivity (Wildman–Crippen MR) is 71.7 cm³/mol. The van der Waals surface area contributed by atoms with Gasteiger partial charge in [0.1, 0.15) is 5.69 Å². The van der Waals surface area contributed by atoms with Crippen molar-refractivity contribution in [2.24, 2.45) is 0 Å². The van der Waals surface area contributed by atoms with Crippen molar-refractivity contribution in [1.82, 2.24) is 29.8 Å². The zero-order valence-electron chi connectivity index (χ0n) is 11.7. The van der Waals surface area contributed by atoms with Crippen LogP contribution >= 0.6 is 0 Å². The molecular formula is C12H10F3N7O. The number of aromatic nitrogens is 6. The summed E-state index contributed by atoms with van der Waals surface area (Å²) >= 11 is 0. The molecular weight excluding hydrogens is 315 g/mol. The lowest BCUT2D eigenvalue weighted by Crippen LogP contribution is -2.13. The lowest BCUT2D eigenvalue weighted by molar-refractivity contribution is -0.141. The summed E-state index contributed by atoms with van der Waals surface area (Å²) in [5.41, 5.74) is -0.548. The molecule has 8 nitrogen and oxygen atoms in total. The van der Waals surface area contributed by atoms with Crippen molar-refractivity contribution >= 4 is 11.6 Å². The zero-order valence-corrected chi connectivity index (χ0v) is 11.7. The van der Waals surface area contributed by atoms with Crippen molar-refractivity contribution in [2.75, 3.05) is 12.4 Å². The number of nitrogens with zero attached hydrogens (tertiary/aromatic N) is 6. The number of rotatable bonds is 4. The van der Waals surface area contributed by atoms with Gasteiger partial charge >= 0.3 is 6.18 Å². The van der Waals surface area contributed by atoms with E-state index in [9.17, 15) is 13.2 Å². The Balaban J connectivity index is 1.81. The van der Waals surface area contributed by atoms with Crippen LogP contribution in [0.1, 0.15) is 11.5 Å². The Bertz CT molecular complexity index is 833. The molecule has 1 N–H and O–H groups in total. The van der Waals surface area contributed by atoms with Gasteiger partial charge in [-0.2, -0.15) is 17.7 Å². The monoisotopic (exact) mass is 325 g/mol. The maximum atomic E-state index is 12.6. The minimum Gasteiger partial charge on any atom is -0.480 e. The summed E-state index contributed by atoms with van der Waals surface area (Å²) in [6, 6.07) is 4.07. The van der Waals surface area contributed by atoms with Gasteiger partial charge in [0, 0.05) is 12.3 Å². The second-order valence-electron chi connectivity index (χ2n) is 4.38. The van der Waals surface area contributed by atoms with E-state index < -0.39 is 11.9 Å². The molecule has 0 aromatic carbocycles. The smallest absolute Gasteiger partial charge is 0.433 e. The molecule has 11 heteroatoms. The molecule has 0 bridgehead atoms. The van der Waals surface area contributed by atoms with Gasteiger partial charge in [-0.05, 0) is 12.1 Å². The average Bonchev–Trinajstić information content (AvgIpc) is 2.94. The van der Waals surface area contributed by atoms with E-state index in [1.165, 1.54) is 11.6 Å². The first-order chi connectivity index (χ1) is 11.0. The van der Waals surface area contributed by atoms with Crippen molar-refractivity contribution in [3.8, 4) is 5.88 Å². The van der Waals surface area contributed by atoms with Crippen LogP contribution in [0, 0.1) is 0 Å². The summed E-state index contributed by atoms with van der Waals surface area (Å²) in [5, 5.41) is 14.6. The molecule has 0 radical (unpaired) electrons. The van der Waals surface area contributed by atoms with Crippen molar-refractivity contribution in [2.45, 2.75) is 12.7 Å². The largest absolute Gasteiger partial charge is 0.480 e. The van der Waals surface area contributed by atoms with Gasteiger partial charge in [0.15, 0.2) is 11.5 Å². The average molecular weight is 325 g/mol. The van der Waals surface area contributed by atoms with Gasteiger partial charge in [-0.3, -0.25) is 0 Å². The second-order valence-corrected chi connectivity index (χ2v) is 4.38. The lowest BCUT2D eigenvalue weighted by Gasteiger charge is -2.08. The quantitative estimate of drug-likeness (QED) is 0.778. The Morgan fingerprint density at radius 3 is 2.78 bits per heavy atom. The third-order valence-corrected chi connectivity index (χ3v) is 2.86. The van der Waals surface area contributed by atoms with Crippen molar-refractivity contribution in [3.05, 3.63) is 35.9 Å². The van der Waals surface area contributed by atoms with Gasteiger partial charge in [-0.25, -0.2) is 9.97 Å². The number of hydrogen-bond donors (Lipinski definition) is 1. The molecule has 0 saturated carbocycles. The minimum absolute atomic E-state index is 0.0443. The Labute approximate surface area is 127 Å². The fourth-order valence-electron chi connectivity index (χ4n) is 1.80. The Hall–Kier alpha value is -2.98. The van der Waals surface area contributed by atoms with E-state index in [0.717, 1.165) is 12.3 Å². The third-order valence-electron chi connectivity index (χ3n) is 2.86. The molecule has 23 heavy (non-hydrogen) atoms. The standard InChI is InChI=1S/C12H10F3N7O/c1-23-10-3-2-8-19-20-9(22(8)21-10)6-17-11-16-5-4-7(18-11)12(13,14)15/h2-5H,6H2,1H3,(H,16,17,18). The van der Waals surface area contributed by atoms with Crippen LogP contribution in [0.5, 0.6) is 5.88 Å².